The normalized spacial score (nSPS) is 12.3. The minimum atomic E-state index is -4.67. The number of urea groups is 1. The minimum absolute atomic E-state index is 0.133. The van der Waals surface area contributed by atoms with Gasteiger partial charge in [0.05, 0.1) is 39.2 Å². The highest BCUT2D eigenvalue weighted by Crippen LogP contribution is 2.36. The molecule has 0 saturated heterocycles. The van der Waals surface area contributed by atoms with Gasteiger partial charge in [-0.1, -0.05) is 29.3 Å². The first-order valence-corrected chi connectivity index (χ1v) is 8.96. The van der Waals surface area contributed by atoms with Crippen molar-refractivity contribution < 1.29 is 18.0 Å². The van der Waals surface area contributed by atoms with Crippen LogP contribution >= 0.6 is 23.2 Å². The van der Waals surface area contributed by atoms with Crippen molar-refractivity contribution in [2.24, 2.45) is 0 Å². The maximum absolute atomic E-state index is 13.5. The summed E-state index contributed by atoms with van der Waals surface area (Å²) < 4.78 is 40.6. The lowest BCUT2D eigenvalue weighted by Crippen LogP contribution is -2.35. The fraction of sp³-hybridized carbons (Fsp3) is 0.105. The number of hydrogen-bond donors (Lipinski definition) is 2. The van der Waals surface area contributed by atoms with Crippen LogP contribution in [-0.2, 0) is 6.18 Å². The van der Waals surface area contributed by atoms with E-state index in [-0.39, 0.29) is 21.3 Å². The van der Waals surface area contributed by atoms with E-state index < -0.39 is 23.8 Å². The molecule has 0 spiro atoms. The van der Waals surface area contributed by atoms with Crippen LogP contribution in [0.15, 0.2) is 61.1 Å². The first-order chi connectivity index (χ1) is 13.8. The highest BCUT2D eigenvalue weighted by molar-refractivity contribution is 6.42. The number of aromatic nitrogens is 2. The van der Waals surface area contributed by atoms with Crippen molar-refractivity contribution in [3.8, 4) is 0 Å². The summed E-state index contributed by atoms with van der Waals surface area (Å²) in [4.78, 5) is 20.2. The molecule has 0 radical (unpaired) electrons. The van der Waals surface area contributed by atoms with Crippen LogP contribution in [0.25, 0.3) is 0 Å². The molecule has 150 valence electrons. The van der Waals surface area contributed by atoms with Gasteiger partial charge in [-0.05, 0) is 42.0 Å². The number of hydrogen-bond acceptors (Lipinski definition) is 3. The molecule has 1 atom stereocenters. The number of amides is 2. The molecule has 10 heteroatoms. The Morgan fingerprint density at radius 1 is 1.03 bits per heavy atom. The average Bonchev–Trinajstić information content (AvgIpc) is 2.68. The van der Waals surface area contributed by atoms with E-state index in [0.717, 1.165) is 6.07 Å². The van der Waals surface area contributed by atoms with Gasteiger partial charge < -0.3 is 10.6 Å². The second-order valence-electron chi connectivity index (χ2n) is 5.88. The Balaban J connectivity index is 2.01. The molecule has 0 saturated carbocycles. The van der Waals surface area contributed by atoms with Gasteiger partial charge in [0.15, 0.2) is 0 Å². The molecule has 0 bridgehead atoms. The predicted molar refractivity (Wildman–Crippen MR) is 104 cm³/mol. The molecule has 0 fully saturated rings. The number of rotatable bonds is 4. The van der Waals surface area contributed by atoms with Gasteiger partial charge >= 0.3 is 12.2 Å². The van der Waals surface area contributed by atoms with Crippen LogP contribution in [0.3, 0.4) is 0 Å². The molecular weight excluding hydrogens is 428 g/mol. The van der Waals surface area contributed by atoms with Crippen LogP contribution in [0.2, 0.25) is 10.0 Å². The van der Waals surface area contributed by atoms with E-state index in [2.05, 4.69) is 20.6 Å². The Bertz CT molecular complexity index is 1020. The van der Waals surface area contributed by atoms with Gasteiger partial charge in [-0.3, -0.25) is 9.97 Å². The number of anilines is 1. The molecular formula is C19H13Cl2F3N4O. The first-order valence-electron chi connectivity index (χ1n) is 8.20. The quantitative estimate of drug-likeness (QED) is 0.545. The van der Waals surface area contributed by atoms with Gasteiger partial charge in [0.2, 0.25) is 0 Å². The van der Waals surface area contributed by atoms with Crippen LogP contribution in [0.4, 0.5) is 23.7 Å². The summed E-state index contributed by atoms with van der Waals surface area (Å²) in [5, 5.41) is 5.39. The monoisotopic (exact) mass is 440 g/mol. The Morgan fingerprint density at radius 2 is 1.79 bits per heavy atom. The third kappa shape index (κ3) is 5.16. The molecule has 0 aliphatic rings. The topological polar surface area (TPSA) is 66.9 Å². The molecule has 0 aliphatic heterocycles. The number of benzene rings is 1. The number of halogens is 5. The summed E-state index contributed by atoms with van der Waals surface area (Å²) >= 11 is 11.9. The van der Waals surface area contributed by atoms with Crippen molar-refractivity contribution in [2.75, 3.05) is 5.32 Å². The van der Waals surface area contributed by atoms with Crippen LogP contribution in [0.1, 0.15) is 22.9 Å². The van der Waals surface area contributed by atoms with Crippen molar-refractivity contribution in [3.05, 3.63) is 87.9 Å². The molecule has 0 aliphatic carbocycles. The Labute approximate surface area is 173 Å². The standard InChI is InChI=1S/C19H13Cl2F3N4O/c20-14-6-5-11(9-15(14)21)16(17-13(19(22,23)24)4-2-8-26-17)28-18(29)27-12-3-1-7-25-10-12/h1-10,16H,(H2,27,28,29). The van der Waals surface area contributed by atoms with E-state index in [4.69, 9.17) is 23.2 Å². The largest absolute Gasteiger partial charge is 0.418 e. The maximum atomic E-state index is 13.5. The number of alkyl halides is 3. The highest BCUT2D eigenvalue weighted by Gasteiger charge is 2.37. The second-order valence-corrected chi connectivity index (χ2v) is 6.70. The zero-order valence-electron chi connectivity index (χ0n) is 14.5. The van der Waals surface area contributed by atoms with Crippen LogP contribution in [0.5, 0.6) is 0 Å². The lowest BCUT2D eigenvalue weighted by Gasteiger charge is -2.23. The molecule has 3 rings (SSSR count). The summed E-state index contributed by atoms with van der Waals surface area (Å²) in [6.07, 6.45) is -0.532. The van der Waals surface area contributed by atoms with E-state index in [1.54, 1.807) is 12.1 Å². The summed E-state index contributed by atoms with van der Waals surface area (Å²) in [5.74, 6) is 0. The molecule has 1 aromatic carbocycles. The van der Waals surface area contributed by atoms with E-state index in [9.17, 15) is 18.0 Å². The molecule has 2 N–H and O–H groups in total. The summed E-state index contributed by atoms with van der Waals surface area (Å²) in [7, 11) is 0. The van der Waals surface area contributed by atoms with Crippen molar-refractivity contribution >= 4 is 34.9 Å². The fourth-order valence-corrected chi connectivity index (χ4v) is 2.93. The SMILES string of the molecule is O=C(Nc1cccnc1)NC(c1ccc(Cl)c(Cl)c1)c1ncccc1C(F)(F)F. The highest BCUT2D eigenvalue weighted by atomic mass is 35.5. The van der Waals surface area contributed by atoms with E-state index in [1.165, 1.54) is 42.9 Å². The van der Waals surface area contributed by atoms with Crippen molar-refractivity contribution in [1.82, 2.24) is 15.3 Å². The van der Waals surface area contributed by atoms with Crippen molar-refractivity contribution in [1.29, 1.82) is 0 Å². The summed E-state index contributed by atoms with van der Waals surface area (Å²) in [6, 6.07) is 7.57. The van der Waals surface area contributed by atoms with Gasteiger partial charge in [-0.15, -0.1) is 0 Å². The molecule has 2 amide bonds. The predicted octanol–water partition coefficient (Wildman–Crippen LogP) is 5.71. The fourth-order valence-electron chi connectivity index (χ4n) is 2.62. The number of carbonyl (C=O) groups excluding carboxylic acids is 1. The van der Waals surface area contributed by atoms with E-state index in [0.29, 0.717) is 5.69 Å². The van der Waals surface area contributed by atoms with Crippen molar-refractivity contribution in [2.45, 2.75) is 12.2 Å². The number of carbonyl (C=O) groups is 1. The first kappa shape index (κ1) is 20.9. The summed E-state index contributed by atoms with van der Waals surface area (Å²) in [5.41, 5.74) is -0.697. The summed E-state index contributed by atoms with van der Waals surface area (Å²) in [6.45, 7) is 0. The molecule has 1 unspecified atom stereocenters. The smallest absolute Gasteiger partial charge is 0.325 e. The molecule has 29 heavy (non-hydrogen) atoms. The average molecular weight is 441 g/mol. The number of pyridine rings is 2. The Kier molecular flexibility index (Phi) is 6.24. The van der Waals surface area contributed by atoms with Crippen molar-refractivity contribution in [3.63, 3.8) is 0 Å². The molecule has 3 aromatic rings. The van der Waals surface area contributed by atoms with Gasteiger partial charge in [0, 0.05) is 12.4 Å². The second kappa shape index (κ2) is 8.67. The van der Waals surface area contributed by atoms with Crippen LogP contribution < -0.4 is 10.6 Å². The van der Waals surface area contributed by atoms with E-state index >= 15 is 0 Å². The van der Waals surface area contributed by atoms with Crippen LogP contribution in [0, 0.1) is 0 Å². The maximum Gasteiger partial charge on any atom is 0.418 e. The van der Waals surface area contributed by atoms with Gasteiger partial charge in [-0.25, -0.2) is 4.79 Å². The lowest BCUT2D eigenvalue weighted by atomic mass is 9.99. The molecule has 2 heterocycles. The zero-order valence-corrected chi connectivity index (χ0v) is 16.1. The third-order valence-corrected chi connectivity index (χ3v) is 4.63. The Morgan fingerprint density at radius 3 is 2.45 bits per heavy atom. The van der Waals surface area contributed by atoms with Gasteiger partial charge in [0.25, 0.3) is 0 Å². The number of nitrogens with one attached hydrogen (secondary N) is 2. The van der Waals surface area contributed by atoms with Gasteiger partial charge in [0.1, 0.15) is 0 Å². The van der Waals surface area contributed by atoms with Crippen LogP contribution in [-0.4, -0.2) is 16.0 Å². The Hall–Kier alpha value is -2.84. The molecule has 5 nitrogen and oxygen atoms in total. The zero-order chi connectivity index (χ0) is 21.0. The lowest BCUT2D eigenvalue weighted by molar-refractivity contribution is -0.138. The van der Waals surface area contributed by atoms with Gasteiger partial charge in [-0.2, -0.15) is 13.2 Å². The van der Waals surface area contributed by atoms with E-state index in [1.807, 2.05) is 0 Å². The minimum Gasteiger partial charge on any atom is -0.325 e. The third-order valence-electron chi connectivity index (χ3n) is 3.89. The number of nitrogens with zero attached hydrogens (tertiary/aromatic N) is 2. The molecule has 2 aromatic heterocycles.